The summed E-state index contributed by atoms with van der Waals surface area (Å²) in [6, 6.07) is 8.28. The number of ether oxygens (including phenoxy) is 1. The number of nitrogens with two attached hydrogens (primary N) is 1. The summed E-state index contributed by atoms with van der Waals surface area (Å²) in [7, 11) is 2.08. The van der Waals surface area contributed by atoms with E-state index < -0.39 is 11.9 Å². The predicted octanol–water partition coefficient (Wildman–Crippen LogP) is -1.44. The topological polar surface area (TPSA) is 103 Å². The first-order valence-corrected chi connectivity index (χ1v) is 6.17. The van der Waals surface area contributed by atoms with E-state index in [4.69, 9.17) is 9.84 Å². The number of benzene rings is 1. The molecular formula is C14H17NO5. The first kappa shape index (κ1) is 15.7. The van der Waals surface area contributed by atoms with Gasteiger partial charge in [0.15, 0.2) is 6.10 Å². The molecule has 1 aromatic carbocycles. The van der Waals surface area contributed by atoms with Crippen LogP contribution >= 0.6 is 0 Å². The average Bonchev–Trinajstić information content (AvgIpc) is 2.80. The molecule has 1 aliphatic rings. The van der Waals surface area contributed by atoms with Gasteiger partial charge in [-0.1, -0.05) is 18.2 Å². The zero-order valence-corrected chi connectivity index (χ0v) is 11.1. The Labute approximate surface area is 116 Å². The van der Waals surface area contributed by atoms with Crippen molar-refractivity contribution >= 4 is 11.9 Å². The van der Waals surface area contributed by atoms with Gasteiger partial charge in [-0.3, -0.25) is 0 Å². The van der Waals surface area contributed by atoms with Crippen LogP contribution in [0.3, 0.4) is 0 Å². The van der Waals surface area contributed by atoms with Crippen LogP contribution in [0.5, 0.6) is 5.75 Å². The maximum atomic E-state index is 9.53. The van der Waals surface area contributed by atoms with E-state index in [0.717, 1.165) is 18.7 Å². The summed E-state index contributed by atoms with van der Waals surface area (Å²) in [5, 5.41) is 19.4. The van der Waals surface area contributed by atoms with Crippen molar-refractivity contribution in [2.75, 3.05) is 13.6 Å². The summed E-state index contributed by atoms with van der Waals surface area (Å²) >= 11 is 0. The third-order valence-corrected chi connectivity index (χ3v) is 2.57. The molecule has 0 spiro atoms. The van der Waals surface area contributed by atoms with Gasteiger partial charge >= 0.3 is 5.97 Å². The van der Waals surface area contributed by atoms with E-state index in [1.807, 2.05) is 12.1 Å². The number of carboxylic acid groups (broad SMARTS) is 2. The Morgan fingerprint density at radius 1 is 1.45 bits per heavy atom. The van der Waals surface area contributed by atoms with Crippen molar-refractivity contribution in [3.63, 3.8) is 0 Å². The van der Waals surface area contributed by atoms with E-state index in [1.165, 1.54) is 5.56 Å². The Kier molecular flexibility index (Phi) is 6.25. The minimum atomic E-state index is -1.51. The third-order valence-electron chi connectivity index (χ3n) is 2.57. The molecular weight excluding hydrogens is 262 g/mol. The molecule has 0 saturated carbocycles. The summed E-state index contributed by atoms with van der Waals surface area (Å²) in [6.07, 6.45) is 2.39. The maximum absolute atomic E-state index is 9.53. The lowest BCUT2D eigenvalue weighted by atomic mass is 10.1. The van der Waals surface area contributed by atoms with Gasteiger partial charge in [0.25, 0.3) is 0 Å². The van der Waals surface area contributed by atoms with Crippen LogP contribution in [-0.2, 0) is 16.0 Å². The van der Waals surface area contributed by atoms with E-state index >= 15 is 0 Å². The molecule has 6 nitrogen and oxygen atoms in total. The molecule has 1 aliphatic heterocycles. The first-order valence-electron chi connectivity index (χ1n) is 6.17. The summed E-state index contributed by atoms with van der Waals surface area (Å²) in [5.41, 5.74) is 1.35. The van der Waals surface area contributed by atoms with Crippen molar-refractivity contribution in [2.24, 2.45) is 0 Å². The Morgan fingerprint density at radius 3 is 2.65 bits per heavy atom. The second-order valence-electron chi connectivity index (χ2n) is 4.19. The van der Waals surface area contributed by atoms with Crippen LogP contribution in [0.4, 0.5) is 0 Å². The molecule has 0 amide bonds. The highest BCUT2D eigenvalue weighted by Crippen LogP contribution is 2.27. The molecule has 1 atom stereocenters. The standard InChI is InChI=1S/C10H13NO.C4H4O4/c1-11-7-9-6-8-4-2-3-5-10(8)12-9;5-3(6)1-2-4(7)8/h2-5,9,11H,6-7H2,1H3;1-2H,(H,5,6)(H,7,8)/b;2-1-. The Hall–Kier alpha value is -2.34. The van der Waals surface area contributed by atoms with Gasteiger partial charge in [-0.25, -0.2) is 4.79 Å². The van der Waals surface area contributed by atoms with Crippen LogP contribution in [0, 0.1) is 0 Å². The molecule has 1 unspecified atom stereocenters. The van der Waals surface area contributed by atoms with E-state index in [9.17, 15) is 14.7 Å². The maximum Gasteiger partial charge on any atom is 0.328 e. The number of aliphatic carboxylic acids is 2. The predicted molar refractivity (Wildman–Crippen MR) is 69.1 cm³/mol. The minimum absolute atomic E-state index is 0.382. The molecule has 20 heavy (non-hydrogen) atoms. The highest BCUT2D eigenvalue weighted by Gasteiger charge is 2.22. The Bertz CT molecular complexity index is 457. The molecule has 0 aromatic heterocycles. The number of carboxylic acids is 2. The van der Waals surface area contributed by atoms with Gasteiger partial charge in [-0.2, -0.15) is 0 Å². The zero-order chi connectivity index (χ0) is 15.0. The largest absolute Gasteiger partial charge is 0.545 e. The number of hydrogen-bond acceptors (Lipinski definition) is 4. The molecule has 1 heterocycles. The van der Waals surface area contributed by atoms with Crippen LogP contribution < -0.4 is 15.2 Å². The second kappa shape index (κ2) is 7.96. The highest BCUT2D eigenvalue weighted by atomic mass is 16.5. The molecule has 6 heteroatoms. The second-order valence-corrected chi connectivity index (χ2v) is 4.19. The highest BCUT2D eigenvalue weighted by molar-refractivity contribution is 5.88. The van der Waals surface area contributed by atoms with Crippen LogP contribution in [0.1, 0.15) is 5.56 Å². The first-order chi connectivity index (χ1) is 9.52. The number of para-hydroxylation sites is 1. The van der Waals surface area contributed by atoms with Crippen molar-refractivity contribution in [1.82, 2.24) is 0 Å². The lowest BCUT2D eigenvalue weighted by molar-refractivity contribution is -0.632. The van der Waals surface area contributed by atoms with Gasteiger partial charge < -0.3 is 25.1 Å². The Morgan fingerprint density at radius 2 is 2.15 bits per heavy atom. The molecule has 0 saturated heterocycles. The minimum Gasteiger partial charge on any atom is -0.545 e. The number of carbonyl (C=O) groups excluding carboxylic acids is 1. The fourth-order valence-electron chi connectivity index (χ4n) is 1.79. The van der Waals surface area contributed by atoms with Crippen LogP contribution in [0.15, 0.2) is 36.4 Å². The van der Waals surface area contributed by atoms with Crippen molar-refractivity contribution < 1.29 is 29.9 Å². The third kappa shape index (κ3) is 5.53. The summed E-state index contributed by atoms with van der Waals surface area (Å²) in [4.78, 5) is 19.0. The van der Waals surface area contributed by atoms with Crippen molar-refractivity contribution in [1.29, 1.82) is 0 Å². The van der Waals surface area contributed by atoms with E-state index in [2.05, 4.69) is 24.5 Å². The zero-order valence-electron chi connectivity index (χ0n) is 11.1. The lowest BCUT2D eigenvalue weighted by Gasteiger charge is -2.06. The molecule has 0 bridgehead atoms. The van der Waals surface area contributed by atoms with Crippen LogP contribution in [-0.4, -0.2) is 36.7 Å². The van der Waals surface area contributed by atoms with Gasteiger partial charge in [-0.05, 0) is 17.7 Å². The number of likely N-dealkylation sites (N-methyl/N-ethyl adjacent to an activating group) is 1. The summed E-state index contributed by atoms with van der Waals surface area (Å²) in [6.45, 7) is 1.05. The number of carbonyl (C=O) groups is 2. The lowest BCUT2D eigenvalue weighted by Crippen LogP contribution is -2.82. The molecule has 3 N–H and O–H groups in total. The fourth-order valence-corrected chi connectivity index (χ4v) is 1.79. The molecule has 2 rings (SSSR count). The number of quaternary nitrogens is 1. The van der Waals surface area contributed by atoms with E-state index in [-0.39, 0.29) is 0 Å². The van der Waals surface area contributed by atoms with Gasteiger partial charge in [0.1, 0.15) is 12.3 Å². The number of fused-ring (bicyclic) bond motifs is 1. The van der Waals surface area contributed by atoms with Crippen LogP contribution in [0.25, 0.3) is 0 Å². The molecule has 0 aliphatic carbocycles. The normalized spacial score (nSPS) is 15.9. The van der Waals surface area contributed by atoms with Crippen molar-refractivity contribution in [3.8, 4) is 5.75 Å². The Balaban J connectivity index is 0.000000221. The fraction of sp³-hybridized carbons (Fsp3) is 0.286. The monoisotopic (exact) mass is 279 g/mol. The van der Waals surface area contributed by atoms with Crippen molar-refractivity contribution in [2.45, 2.75) is 12.5 Å². The van der Waals surface area contributed by atoms with Crippen molar-refractivity contribution in [3.05, 3.63) is 42.0 Å². The van der Waals surface area contributed by atoms with Gasteiger partial charge in [0, 0.05) is 12.5 Å². The molecule has 1 aromatic rings. The molecule has 0 fully saturated rings. The molecule has 0 radical (unpaired) electrons. The summed E-state index contributed by atoms with van der Waals surface area (Å²) in [5.74, 6) is -1.73. The van der Waals surface area contributed by atoms with Gasteiger partial charge in [0.2, 0.25) is 0 Å². The van der Waals surface area contributed by atoms with Gasteiger partial charge in [0.05, 0.1) is 13.0 Å². The summed E-state index contributed by atoms with van der Waals surface area (Å²) < 4.78 is 5.72. The van der Waals surface area contributed by atoms with Crippen LogP contribution in [0.2, 0.25) is 0 Å². The number of rotatable bonds is 4. The van der Waals surface area contributed by atoms with E-state index in [0.29, 0.717) is 18.3 Å². The smallest absolute Gasteiger partial charge is 0.328 e. The quantitative estimate of drug-likeness (QED) is 0.657. The van der Waals surface area contributed by atoms with Gasteiger partial charge in [-0.15, -0.1) is 0 Å². The SMILES string of the molecule is C[NH2+]CC1Cc2ccccc2O1.O=C([O-])/C=C\C(=O)O. The van der Waals surface area contributed by atoms with E-state index in [1.54, 1.807) is 0 Å². The molecule has 108 valence electrons. The average molecular weight is 279 g/mol. The number of hydrogen-bond donors (Lipinski definition) is 2.